The molecule has 1 aromatic heterocycles. The van der Waals surface area contributed by atoms with Crippen molar-refractivity contribution in [3.63, 3.8) is 0 Å². The lowest BCUT2D eigenvalue weighted by molar-refractivity contribution is -0.148. The van der Waals surface area contributed by atoms with Crippen molar-refractivity contribution in [3.05, 3.63) is 35.9 Å². The van der Waals surface area contributed by atoms with Gasteiger partial charge in [0, 0.05) is 26.4 Å². The fraction of sp³-hybridized carbons (Fsp3) is 0.429. The largest absolute Gasteiger partial charge is 0.463 e. The van der Waals surface area contributed by atoms with E-state index in [0.717, 1.165) is 16.6 Å². The van der Waals surface area contributed by atoms with Crippen LogP contribution in [0.3, 0.4) is 0 Å². The third-order valence-electron chi connectivity index (χ3n) is 3.98. The number of aromatic nitrogens is 2. The minimum absolute atomic E-state index is 0.0290. The molecule has 0 aliphatic heterocycles. The molecule has 0 aliphatic carbocycles. The van der Waals surface area contributed by atoms with Crippen LogP contribution in [0.25, 0.3) is 22.1 Å². The predicted octanol–water partition coefficient (Wildman–Crippen LogP) is 2.95. The first kappa shape index (κ1) is 23.1. The zero-order valence-corrected chi connectivity index (χ0v) is 17.8. The first-order chi connectivity index (χ1) is 15.2. The second-order valence-electron chi connectivity index (χ2n) is 6.39. The molecule has 10 nitrogen and oxygen atoms in total. The van der Waals surface area contributed by atoms with Gasteiger partial charge in [-0.3, -0.25) is 0 Å². The van der Waals surface area contributed by atoms with Gasteiger partial charge in [0.1, 0.15) is 13.6 Å². The van der Waals surface area contributed by atoms with Crippen molar-refractivity contribution < 1.29 is 37.9 Å². The van der Waals surface area contributed by atoms with Crippen LogP contribution in [-0.4, -0.2) is 64.9 Å². The van der Waals surface area contributed by atoms with Crippen molar-refractivity contribution in [2.24, 2.45) is 0 Å². The van der Waals surface area contributed by atoms with Crippen LogP contribution in [0.15, 0.2) is 30.3 Å². The molecule has 0 radical (unpaired) electrons. The number of ether oxygens (including phenoxy) is 8. The zero-order valence-electron chi connectivity index (χ0n) is 17.8. The first-order valence-corrected chi connectivity index (χ1v) is 9.48. The Bertz CT molecular complexity index is 969. The summed E-state index contributed by atoms with van der Waals surface area (Å²) in [6, 6.07) is 9.41. The maximum atomic E-state index is 5.71. The van der Waals surface area contributed by atoms with Crippen molar-refractivity contribution in [2.45, 2.75) is 6.92 Å². The molecule has 168 valence electrons. The van der Waals surface area contributed by atoms with Crippen LogP contribution in [0.5, 0.6) is 11.5 Å². The van der Waals surface area contributed by atoms with Gasteiger partial charge in [-0.25, -0.2) is 9.97 Å². The van der Waals surface area contributed by atoms with E-state index in [9.17, 15) is 0 Å². The van der Waals surface area contributed by atoms with Gasteiger partial charge in [-0.15, -0.1) is 0 Å². The van der Waals surface area contributed by atoms with E-state index in [1.54, 1.807) is 12.1 Å². The Morgan fingerprint density at radius 1 is 0.581 bits per heavy atom. The van der Waals surface area contributed by atoms with Crippen molar-refractivity contribution in [3.8, 4) is 11.5 Å². The van der Waals surface area contributed by atoms with Crippen LogP contribution in [0.1, 0.15) is 5.56 Å². The summed E-state index contributed by atoms with van der Waals surface area (Å²) in [6.45, 7) is 2.23. The fourth-order valence-corrected chi connectivity index (χ4v) is 2.65. The number of rotatable bonds is 14. The van der Waals surface area contributed by atoms with Crippen molar-refractivity contribution in [2.75, 3.05) is 55.0 Å². The number of hydrogen-bond acceptors (Lipinski definition) is 10. The van der Waals surface area contributed by atoms with Crippen LogP contribution in [-0.2, 0) is 28.4 Å². The van der Waals surface area contributed by atoms with E-state index in [-0.39, 0.29) is 40.8 Å². The quantitative estimate of drug-likeness (QED) is 0.214. The van der Waals surface area contributed by atoms with E-state index in [1.165, 1.54) is 14.2 Å². The van der Waals surface area contributed by atoms with E-state index in [4.69, 9.17) is 42.9 Å². The van der Waals surface area contributed by atoms with Crippen LogP contribution in [0.4, 0.5) is 0 Å². The molecule has 0 amide bonds. The Morgan fingerprint density at radius 2 is 1.06 bits per heavy atom. The van der Waals surface area contributed by atoms with Crippen LogP contribution in [0.2, 0.25) is 0 Å². The monoisotopic (exact) mass is 434 g/mol. The third-order valence-corrected chi connectivity index (χ3v) is 3.98. The molecular formula is C21H26N2O8. The molecule has 0 unspecified atom stereocenters. The number of benzene rings is 2. The lowest BCUT2D eigenvalue weighted by atomic mass is 10.2. The van der Waals surface area contributed by atoms with Gasteiger partial charge in [-0.05, 0) is 24.6 Å². The van der Waals surface area contributed by atoms with Crippen LogP contribution >= 0.6 is 0 Å². The molecule has 1 heterocycles. The van der Waals surface area contributed by atoms with Crippen molar-refractivity contribution >= 4 is 22.1 Å². The highest BCUT2D eigenvalue weighted by Gasteiger charge is 2.12. The molecule has 0 aliphatic rings. The molecule has 0 saturated carbocycles. The highest BCUT2D eigenvalue weighted by atomic mass is 16.8. The molecule has 3 rings (SSSR count). The van der Waals surface area contributed by atoms with Gasteiger partial charge in [0.15, 0.2) is 38.7 Å². The molecule has 0 fully saturated rings. The van der Waals surface area contributed by atoms with Gasteiger partial charge in [0.2, 0.25) is 0 Å². The Kier molecular flexibility index (Phi) is 9.16. The molecule has 0 N–H and O–H groups in total. The van der Waals surface area contributed by atoms with E-state index in [1.807, 2.05) is 25.1 Å². The fourth-order valence-electron chi connectivity index (χ4n) is 2.65. The van der Waals surface area contributed by atoms with Gasteiger partial charge < -0.3 is 37.9 Å². The second-order valence-corrected chi connectivity index (χ2v) is 6.39. The molecule has 0 bridgehead atoms. The summed E-state index contributed by atoms with van der Waals surface area (Å²) in [5.41, 5.74) is 4.03. The summed E-state index contributed by atoms with van der Waals surface area (Å²) >= 11 is 0. The molecule has 2 aromatic carbocycles. The molecule has 3 aromatic rings. The van der Waals surface area contributed by atoms with Gasteiger partial charge in [0.25, 0.3) is 0 Å². The predicted molar refractivity (Wildman–Crippen MR) is 111 cm³/mol. The summed E-state index contributed by atoms with van der Waals surface area (Å²) in [6.07, 6.45) is 0. The Hall–Kier alpha value is -2.60. The molecule has 0 atom stereocenters. The second kappa shape index (κ2) is 12.3. The molecule has 10 heteroatoms. The summed E-state index contributed by atoms with van der Waals surface area (Å²) in [5.74, 6) is 0.864. The van der Waals surface area contributed by atoms with E-state index in [0.29, 0.717) is 22.5 Å². The standard InChI is InChI=1S/C21H26N2O8/c1-15-4-5-16-17(6-15)23-19-8-21(31-14-29-12-27-10-25-3)20(7-18(19)22-16)30-13-28-11-26-9-24-2/h4-8H,9-14H2,1-3H3. The average Bonchev–Trinajstić information content (AvgIpc) is 2.77. The normalized spacial score (nSPS) is 11.3. The van der Waals surface area contributed by atoms with Gasteiger partial charge in [-0.2, -0.15) is 0 Å². The Balaban J connectivity index is 1.75. The average molecular weight is 434 g/mol. The highest BCUT2D eigenvalue weighted by Crippen LogP contribution is 2.32. The van der Waals surface area contributed by atoms with E-state index < -0.39 is 0 Å². The maximum absolute atomic E-state index is 5.71. The maximum Gasteiger partial charge on any atom is 0.191 e. The number of fused-ring (bicyclic) bond motifs is 2. The number of nitrogens with zero attached hydrogens (tertiary/aromatic N) is 2. The topological polar surface area (TPSA) is 99.6 Å². The number of hydrogen-bond donors (Lipinski definition) is 0. The zero-order chi connectivity index (χ0) is 21.9. The van der Waals surface area contributed by atoms with E-state index >= 15 is 0 Å². The van der Waals surface area contributed by atoms with Crippen molar-refractivity contribution in [1.82, 2.24) is 9.97 Å². The summed E-state index contributed by atoms with van der Waals surface area (Å²) < 4.78 is 41.7. The number of methoxy groups -OCH3 is 2. The summed E-state index contributed by atoms with van der Waals surface area (Å²) in [4.78, 5) is 9.37. The van der Waals surface area contributed by atoms with Gasteiger partial charge in [0.05, 0.1) is 22.1 Å². The Labute approximate surface area is 179 Å². The lowest BCUT2D eigenvalue weighted by Gasteiger charge is -2.14. The van der Waals surface area contributed by atoms with E-state index in [2.05, 4.69) is 4.98 Å². The number of aryl methyl sites for hydroxylation is 1. The molecule has 0 spiro atoms. The minimum Gasteiger partial charge on any atom is -0.463 e. The third kappa shape index (κ3) is 6.96. The SMILES string of the molecule is COCOCOCOc1cc2nc3ccc(C)cc3nc2cc1OCOCOCOC. The van der Waals surface area contributed by atoms with Crippen LogP contribution in [0, 0.1) is 6.92 Å². The summed E-state index contributed by atoms with van der Waals surface area (Å²) in [7, 11) is 3.06. The first-order valence-electron chi connectivity index (χ1n) is 9.48. The van der Waals surface area contributed by atoms with Gasteiger partial charge >= 0.3 is 0 Å². The highest BCUT2D eigenvalue weighted by molar-refractivity contribution is 5.88. The summed E-state index contributed by atoms with van der Waals surface area (Å²) in [5, 5.41) is 0. The smallest absolute Gasteiger partial charge is 0.191 e. The minimum atomic E-state index is -0.0521. The molecule has 31 heavy (non-hydrogen) atoms. The molecular weight excluding hydrogens is 408 g/mol. The van der Waals surface area contributed by atoms with Crippen LogP contribution < -0.4 is 9.47 Å². The van der Waals surface area contributed by atoms with Crippen molar-refractivity contribution in [1.29, 1.82) is 0 Å². The van der Waals surface area contributed by atoms with Gasteiger partial charge in [-0.1, -0.05) is 6.07 Å². The Morgan fingerprint density at radius 3 is 1.61 bits per heavy atom. The lowest BCUT2D eigenvalue weighted by Crippen LogP contribution is -2.11. The molecule has 0 saturated heterocycles.